The van der Waals surface area contributed by atoms with E-state index >= 15 is 0 Å². The molecule has 0 heterocycles. The molecule has 76 valence electrons. The van der Waals surface area contributed by atoms with E-state index in [0.29, 0.717) is 0 Å². The van der Waals surface area contributed by atoms with E-state index in [9.17, 15) is 0 Å². The highest BCUT2D eigenvalue weighted by atomic mass is 79.9. The highest BCUT2D eigenvalue weighted by Gasteiger charge is 2.07. The molecule has 0 radical (unpaired) electrons. The van der Waals surface area contributed by atoms with Crippen LogP contribution < -0.4 is 5.32 Å². The third-order valence-electron chi connectivity index (χ3n) is 1.97. The Bertz CT molecular complexity index is 325. The first-order valence-corrected chi connectivity index (χ1v) is 5.59. The van der Waals surface area contributed by atoms with Crippen LogP contribution in [0.15, 0.2) is 35.3 Å². The fourth-order valence-electron chi connectivity index (χ4n) is 1.20. The summed E-state index contributed by atoms with van der Waals surface area (Å²) >= 11 is 9.36. The minimum Gasteiger partial charge on any atom is -0.306 e. The molecule has 0 aliphatic rings. The van der Waals surface area contributed by atoms with Gasteiger partial charge in [0.1, 0.15) is 0 Å². The minimum absolute atomic E-state index is 0.234. The predicted octanol–water partition coefficient (Wildman–Crippen LogP) is 3.90. The van der Waals surface area contributed by atoms with Crippen LogP contribution in [0.25, 0.3) is 0 Å². The third kappa shape index (κ3) is 3.45. The van der Waals surface area contributed by atoms with Gasteiger partial charge >= 0.3 is 0 Å². The number of hydrogen-bond acceptors (Lipinski definition) is 1. The summed E-state index contributed by atoms with van der Waals surface area (Å²) in [6.45, 7) is 6.59. The zero-order valence-electron chi connectivity index (χ0n) is 8.06. The quantitative estimate of drug-likeness (QED) is 0.878. The van der Waals surface area contributed by atoms with E-state index in [4.69, 9.17) is 11.6 Å². The summed E-state index contributed by atoms with van der Waals surface area (Å²) in [5.41, 5.74) is 1.11. The average molecular weight is 275 g/mol. The van der Waals surface area contributed by atoms with Crippen LogP contribution in [0.5, 0.6) is 0 Å². The molecule has 0 saturated carbocycles. The molecule has 0 saturated heterocycles. The summed E-state index contributed by atoms with van der Waals surface area (Å²) in [5, 5.41) is 4.11. The topological polar surface area (TPSA) is 12.0 Å². The largest absolute Gasteiger partial charge is 0.306 e. The second-order valence-electron chi connectivity index (χ2n) is 3.14. The summed E-state index contributed by atoms with van der Waals surface area (Å²) in [6.07, 6.45) is 0. The van der Waals surface area contributed by atoms with Crippen molar-refractivity contribution in [1.82, 2.24) is 5.32 Å². The lowest BCUT2D eigenvalue weighted by atomic mass is 10.1. The molecular formula is C11H13BrClN. The molecular weight excluding hydrogens is 261 g/mol. The SMILES string of the molecule is C=C(Br)CNC(C)c1ccccc1Cl. The van der Waals surface area contributed by atoms with E-state index in [0.717, 1.165) is 21.6 Å². The predicted molar refractivity (Wildman–Crippen MR) is 65.9 cm³/mol. The van der Waals surface area contributed by atoms with Gasteiger partial charge in [0.05, 0.1) is 0 Å². The van der Waals surface area contributed by atoms with Gasteiger partial charge in [0.15, 0.2) is 0 Å². The van der Waals surface area contributed by atoms with Crippen LogP contribution >= 0.6 is 27.5 Å². The first kappa shape index (κ1) is 11.8. The van der Waals surface area contributed by atoms with Crippen LogP contribution in [0.2, 0.25) is 5.02 Å². The van der Waals surface area contributed by atoms with Gasteiger partial charge in [-0.25, -0.2) is 0 Å². The van der Waals surface area contributed by atoms with Gasteiger partial charge in [0.2, 0.25) is 0 Å². The molecule has 1 rings (SSSR count). The molecule has 0 aliphatic heterocycles. The maximum Gasteiger partial charge on any atom is 0.0453 e. The fraction of sp³-hybridized carbons (Fsp3) is 0.273. The molecule has 0 spiro atoms. The molecule has 1 N–H and O–H groups in total. The Morgan fingerprint density at radius 1 is 1.57 bits per heavy atom. The second kappa shape index (κ2) is 5.54. The van der Waals surface area contributed by atoms with Gasteiger partial charge in [0.25, 0.3) is 0 Å². The molecule has 1 aromatic rings. The van der Waals surface area contributed by atoms with Gasteiger partial charge in [-0.1, -0.05) is 52.3 Å². The van der Waals surface area contributed by atoms with Crippen LogP contribution in [-0.2, 0) is 0 Å². The van der Waals surface area contributed by atoms with Crippen LogP contribution in [0.3, 0.4) is 0 Å². The minimum atomic E-state index is 0.234. The zero-order chi connectivity index (χ0) is 10.6. The van der Waals surface area contributed by atoms with Crippen molar-refractivity contribution < 1.29 is 0 Å². The number of nitrogens with one attached hydrogen (secondary N) is 1. The zero-order valence-corrected chi connectivity index (χ0v) is 10.4. The van der Waals surface area contributed by atoms with E-state index in [1.807, 2.05) is 24.3 Å². The van der Waals surface area contributed by atoms with E-state index in [2.05, 4.69) is 34.7 Å². The lowest BCUT2D eigenvalue weighted by Gasteiger charge is -2.14. The summed E-state index contributed by atoms with van der Waals surface area (Å²) in [6, 6.07) is 8.08. The summed E-state index contributed by atoms with van der Waals surface area (Å²) in [5.74, 6) is 0. The Kier molecular flexibility index (Phi) is 4.66. The van der Waals surface area contributed by atoms with Crippen molar-refractivity contribution in [3.8, 4) is 0 Å². The van der Waals surface area contributed by atoms with Crippen LogP contribution in [0, 0.1) is 0 Å². The van der Waals surface area contributed by atoms with E-state index in [1.165, 1.54) is 0 Å². The molecule has 1 unspecified atom stereocenters. The standard InChI is InChI=1S/C11H13BrClN/c1-8(12)7-14-9(2)10-5-3-4-6-11(10)13/h3-6,9,14H,1,7H2,2H3. The molecule has 0 amide bonds. The van der Waals surface area contributed by atoms with Gasteiger partial charge in [0, 0.05) is 22.1 Å². The molecule has 3 heteroatoms. The van der Waals surface area contributed by atoms with Crippen molar-refractivity contribution in [3.63, 3.8) is 0 Å². The Morgan fingerprint density at radius 2 is 2.21 bits per heavy atom. The van der Waals surface area contributed by atoms with Crippen molar-refractivity contribution in [2.45, 2.75) is 13.0 Å². The molecule has 14 heavy (non-hydrogen) atoms. The highest BCUT2D eigenvalue weighted by Crippen LogP contribution is 2.22. The molecule has 0 bridgehead atoms. The summed E-state index contributed by atoms with van der Waals surface area (Å²) < 4.78 is 0.941. The van der Waals surface area contributed by atoms with Gasteiger partial charge < -0.3 is 5.32 Å². The normalized spacial score (nSPS) is 12.5. The Hall–Kier alpha value is -0.310. The Balaban J connectivity index is 2.65. The van der Waals surface area contributed by atoms with Crippen LogP contribution in [0.4, 0.5) is 0 Å². The van der Waals surface area contributed by atoms with Gasteiger partial charge in [-0.05, 0) is 18.6 Å². The van der Waals surface area contributed by atoms with Crippen LogP contribution in [0.1, 0.15) is 18.5 Å². The van der Waals surface area contributed by atoms with E-state index < -0.39 is 0 Å². The second-order valence-corrected chi connectivity index (χ2v) is 4.67. The molecule has 0 aromatic heterocycles. The number of benzene rings is 1. The molecule has 0 aliphatic carbocycles. The van der Waals surface area contributed by atoms with Crippen molar-refractivity contribution in [2.24, 2.45) is 0 Å². The third-order valence-corrected chi connectivity index (χ3v) is 2.60. The smallest absolute Gasteiger partial charge is 0.0453 e. The first-order valence-electron chi connectivity index (χ1n) is 4.42. The first-order chi connectivity index (χ1) is 6.61. The van der Waals surface area contributed by atoms with Crippen molar-refractivity contribution in [3.05, 3.63) is 45.9 Å². The van der Waals surface area contributed by atoms with Crippen molar-refractivity contribution >= 4 is 27.5 Å². The monoisotopic (exact) mass is 273 g/mol. The summed E-state index contributed by atoms with van der Waals surface area (Å²) in [7, 11) is 0. The average Bonchev–Trinajstić information content (AvgIpc) is 2.15. The Morgan fingerprint density at radius 3 is 2.79 bits per heavy atom. The van der Waals surface area contributed by atoms with E-state index in [-0.39, 0.29) is 6.04 Å². The molecule has 1 aromatic carbocycles. The molecule has 1 nitrogen and oxygen atoms in total. The molecule has 1 atom stereocenters. The van der Waals surface area contributed by atoms with E-state index in [1.54, 1.807) is 0 Å². The Labute approximate surface area is 98.3 Å². The van der Waals surface area contributed by atoms with Crippen molar-refractivity contribution in [1.29, 1.82) is 0 Å². The number of hydrogen-bond donors (Lipinski definition) is 1. The van der Waals surface area contributed by atoms with Crippen LogP contribution in [-0.4, -0.2) is 6.54 Å². The van der Waals surface area contributed by atoms with Gasteiger partial charge in [-0.3, -0.25) is 0 Å². The number of rotatable bonds is 4. The van der Waals surface area contributed by atoms with Crippen molar-refractivity contribution in [2.75, 3.05) is 6.54 Å². The fourth-order valence-corrected chi connectivity index (χ4v) is 1.66. The maximum absolute atomic E-state index is 6.06. The lowest BCUT2D eigenvalue weighted by Crippen LogP contribution is -2.19. The van der Waals surface area contributed by atoms with Gasteiger partial charge in [-0.2, -0.15) is 0 Å². The summed E-state index contributed by atoms with van der Waals surface area (Å²) in [4.78, 5) is 0. The highest BCUT2D eigenvalue weighted by molar-refractivity contribution is 9.11. The molecule has 0 fully saturated rings. The lowest BCUT2D eigenvalue weighted by molar-refractivity contribution is 0.616. The number of halogens is 2. The maximum atomic E-state index is 6.06. The van der Waals surface area contributed by atoms with Gasteiger partial charge in [-0.15, -0.1) is 0 Å².